The fourth-order valence-electron chi connectivity index (χ4n) is 2.45. The molecule has 5 nitrogen and oxygen atoms in total. The van der Waals surface area contributed by atoms with Gasteiger partial charge in [-0.15, -0.1) is 0 Å². The lowest BCUT2D eigenvalue weighted by atomic mass is 9.99. The summed E-state index contributed by atoms with van der Waals surface area (Å²) in [5.74, 6) is 0.841. The molecule has 1 aromatic carbocycles. The van der Waals surface area contributed by atoms with Crippen molar-refractivity contribution in [2.75, 3.05) is 24.6 Å². The van der Waals surface area contributed by atoms with Gasteiger partial charge >= 0.3 is 6.03 Å². The largest absolute Gasteiger partial charge is 0.372 e. The van der Waals surface area contributed by atoms with Gasteiger partial charge in [0.2, 0.25) is 0 Å². The third-order valence-electron chi connectivity index (χ3n) is 3.85. The summed E-state index contributed by atoms with van der Waals surface area (Å²) >= 11 is 0. The fraction of sp³-hybridized carbons (Fsp3) is 0.562. The minimum absolute atomic E-state index is 0.314. The molecule has 2 rings (SSSR count). The van der Waals surface area contributed by atoms with Crippen molar-refractivity contribution in [1.82, 2.24) is 10.8 Å². The summed E-state index contributed by atoms with van der Waals surface area (Å²) in [5, 5.41) is 2.75. The number of carbonyl (C=O) groups excluding carboxylic acids is 1. The SMILES string of the molecule is CCONC(=O)NCc1ccc(N2CCC(C)CC2)cc1. The lowest BCUT2D eigenvalue weighted by molar-refractivity contribution is 0.0705. The molecule has 1 aromatic rings. The highest BCUT2D eigenvalue weighted by molar-refractivity contribution is 5.72. The van der Waals surface area contributed by atoms with Crippen LogP contribution in [0.15, 0.2) is 24.3 Å². The Morgan fingerprint density at radius 3 is 2.57 bits per heavy atom. The van der Waals surface area contributed by atoms with Crippen molar-refractivity contribution in [3.05, 3.63) is 29.8 Å². The fourth-order valence-corrected chi connectivity index (χ4v) is 2.45. The van der Waals surface area contributed by atoms with Gasteiger partial charge in [-0.05, 0) is 43.4 Å². The molecule has 0 atom stereocenters. The van der Waals surface area contributed by atoms with Gasteiger partial charge in [-0.2, -0.15) is 0 Å². The first-order chi connectivity index (χ1) is 10.2. The maximum absolute atomic E-state index is 11.4. The number of carbonyl (C=O) groups is 1. The molecule has 0 aliphatic carbocycles. The number of hydrogen-bond acceptors (Lipinski definition) is 3. The number of anilines is 1. The van der Waals surface area contributed by atoms with E-state index < -0.39 is 0 Å². The number of nitrogens with one attached hydrogen (secondary N) is 2. The van der Waals surface area contributed by atoms with E-state index in [2.05, 4.69) is 46.9 Å². The predicted molar refractivity (Wildman–Crippen MR) is 84.1 cm³/mol. The van der Waals surface area contributed by atoms with Crippen molar-refractivity contribution >= 4 is 11.7 Å². The third kappa shape index (κ3) is 4.93. The standard InChI is InChI=1S/C16H25N3O2/c1-3-21-18-16(20)17-12-14-4-6-15(7-5-14)19-10-8-13(2)9-11-19/h4-7,13H,3,8-12H2,1-2H3,(H2,17,18,20). The molecule has 1 aliphatic heterocycles. The van der Waals surface area contributed by atoms with E-state index in [0.29, 0.717) is 13.2 Å². The maximum atomic E-state index is 11.4. The molecule has 21 heavy (non-hydrogen) atoms. The van der Waals surface area contributed by atoms with E-state index >= 15 is 0 Å². The topological polar surface area (TPSA) is 53.6 Å². The van der Waals surface area contributed by atoms with Crippen LogP contribution in [-0.4, -0.2) is 25.7 Å². The van der Waals surface area contributed by atoms with E-state index in [-0.39, 0.29) is 6.03 Å². The summed E-state index contributed by atoms with van der Waals surface area (Å²) in [7, 11) is 0. The molecule has 1 saturated heterocycles. The minimum Gasteiger partial charge on any atom is -0.372 e. The Kier molecular flexibility index (Phi) is 5.87. The molecule has 2 amide bonds. The first-order valence-corrected chi connectivity index (χ1v) is 7.68. The Balaban J connectivity index is 1.80. The van der Waals surface area contributed by atoms with Crippen LogP contribution < -0.4 is 15.7 Å². The summed E-state index contributed by atoms with van der Waals surface area (Å²) in [5.41, 5.74) is 4.66. The lowest BCUT2D eigenvalue weighted by Crippen LogP contribution is -2.35. The molecule has 0 unspecified atom stereocenters. The van der Waals surface area contributed by atoms with Crippen LogP contribution in [0.2, 0.25) is 0 Å². The molecule has 2 N–H and O–H groups in total. The molecule has 116 valence electrons. The van der Waals surface area contributed by atoms with Gasteiger partial charge < -0.3 is 10.2 Å². The molecule has 0 saturated carbocycles. The van der Waals surface area contributed by atoms with E-state index in [0.717, 1.165) is 24.6 Å². The van der Waals surface area contributed by atoms with Crippen LogP contribution in [-0.2, 0) is 11.4 Å². The zero-order valence-electron chi connectivity index (χ0n) is 12.9. The smallest absolute Gasteiger partial charge is 0.338 e. The predicted octanol–water partition coefficient (Wildman–Crippen LogP) is 2.67. The Morgan fingerprint density at radius 2 is 1.95 bits per heavy atom. The van der Waals surface area contributed by atoms with Crippen LogP contribution in [0.25, 0.3) is 0 Å². The van der Waals surface area contributed by atoms with Crippen molar-refractivity contribution in [1.29, 1.82) is 0 Å². The zero-order valence-corrected chi connectivity index (χ0v) is 12.9. The van der Waals surface area contributed by atoms with Gasteiger partial charge in [0.05, 0.1) is 6.61 Å². The molecule has 0 aromatic heterocycles. The summed E-state index contributed by atoms with van der Waals surface area (Å²) in [6.45, 7) is 7.36. The van der Waals surface area contributed by atoms with Crippen LogP contribution in [0, 0.1) is 5.92 Å². The highest BCUT2D eigenvalue weighted by atomic mass is 16.7. The van der Waals surface area contributed by atoms with Gasteiger partial charge in [0.15, 0.2) is 0 Å². The second kappa shape index (κ2) is 7.88. The molecule has 5 heteroatoms. The maximum Gasteiger partial charge on any atom is 0.338 e. The summed E-state index contributed by atoms with van der Waals surface area (Å²) in [6.07, 6.45) is 2.53. The normalized spacial score (nSPS) is 15.8. The van der Waals surface area contributed by atoms with Gasteiger partial charge in [-0.3, -0.25) is 4.84 Å². The highest BCUT2D eigenvalue weighted by Crippen LogP contribution is 2.23. The Bertz CT molecular complexity index is 439. The monoisotopic (exact) mass is 291 g/mol. The third-order valence-corrected chi connectivity index (χ3v) is 3.85. The van der Waals surface area contributed by atoms with Crippen molar-refractivity contribution in [2.24, 2.45) is 5.92 Å². The number of piperidine rings is 1. The van der Waals surface area contributed by atoms with Crippen LogP contribution in [0.3, 0.4) is 0 Å². The zero-order chi connectivity index (χ0) is 15.1. The quantitative estimate of drug-likeness (QED) is 0.820. The van der Waals surface area contributed by atoms with Gasteiger partial charge in [0.25, 0.3) is 0 Å². The molecule has 0 bridgehead atoms. The van der Waals surface area contributed by atoms with E-state index in [1.54, 1.807) is 0 Å². The van der Waals surface area contributed by atoms with Crippen LogP contribution in [0.4, 0.5) is 10.5 Å². The number of nitrogens with zero attached hydrogens (tertiary/aromatic N) is 1. The van der Waals surface area contributed by atoms with Crippen LogP contribution in [0.5, 0.6) is 0 Å². The van der Waals surface area contributed by atoms with E-state index in [9.17, 15) is 4.79 Å². The van der Waals surface area contributed by atoms with Gasteiger partial charge in [-0.1, -0.05) is 19.1 Å². The van der Waals surface area contributed by atoms with Crippen molar-refractivity contribution in [3.63, 3.8) is 0 Å². The van der Waals surface area contributed by atoms with E-state index in [4.69, 9.17) is 4.84 Å². The van der Waals surface area contributed by atoms with E-state index in [1.807, 2.05) is 6.92 Å². The Hall–Kier alpha value is -1.75. The molecule has 1 fully saturated rings. The second-order valence-electron chi connectivity index (χ2n) is 5.55. The number of hydroxylamine groups is 1. The average Bonchev–Trinajstić information content (AvgIpc) is 2.52. The molecule has 1 aliphatic rings. The number of hydrogen-bond donors (Lipinski definition) is 2. The van der Waals surface area contributed by atoms with Gasteiger partial charge in [0, 0.05) is 25.3 Å². The first-order valence-electron chi connectivity index (χ1n) is 7.68. The summed E-state index contributed by atoms with van der Waals surface area (Å²) < 4.78 is 0. The minimum atomic E-state index is -0.314. The number of urea groups is 1. The summed E-state index contributed by atoms with van der Waals surface area (Å²) in [6, 6.07) is 8.08. The molecule has 1 heterocycles. The van der Waals surface area contributed by atoms with Crippen molar-refractivity contribution < 1.29 is 9.63 Å². The van der Waals surface area contributed by atoms with E-state index in [1.165, 1.54) is 18.5 Å². The van der Waals surface area contributed by atoms with Crippen molar-refractivity contribution in [3.8, 4) is 0 Å². The Morgan fingerprint density at radius 1 is 1.29 bits per heavy atom. The lowest BCUT2D eigenvalue weighted by Gasteiger charge is -2.32. The highest BCUT2D eigenvalue weighted by Gasteiger charge is 2.15. The average molecular weight is 291 g/mol. The van der Waals surface area contributed by atoms with Crippen molar-refractivity contribution in [2.45, 2.75) is 33.2 Å². The molecule has 0 spiro atoms. The van der Waals surface area contributed by atoms with Gasteiger partial charge in [0.1, 0.15) is 0 Å². The van der Waals surface area contributed by atoms with Crippen LogP contribution in [0.1, 0.15) is 32.3 Å². The van der Waals surface area contributed by atoms with Crippen LogP contribution >= 0.6 is 0 Å². The van der Waals surface area contributed by atoms with Gasteiger partial charge in [-0.25, -0.2) is 10.3 Å². The molecular weight excluding hydrogens is 266 g/mol. The molecular formula is C16H25N3O2. The second-order valence-corrected chi connectivity index (χ2v) is 5.55. The number of benzene rings is 1. The number of rotatable bonds is 5. The Labute approximate surface area is 126 Å². The first kappa shape index (κ1) is 15.6. The summed E-state index contributed by atoms with van der Waals surface area (Å²) in [4.78, 5) is 18.6. The number of amides is 2. The molecule has 0 radical (unpaired) electrons.